The highest BCUT2D eigenvalue weighted by Gasteiger charge is 2.16. The van der Waals surface area contributed by atoms with Crippen molar-refractivity contribution >= 4 is 29.8 Å². The van der Waals surface area contributed by atoms with Crippen LogP contribution in [0.4, 0.5) is 0 Å². The molecular weight excluding hydrogens is 276 g/mol. The lowest BCUT2D eigenvalue weighted by Crippen LogP contribution is -2.08. The van der Waals surface area contributed by atoms with Crippen LogP contribution in [0, 0.1) is 11.6 Å². The molecule has 94 valence electrons. The molecule has 0 aliphatic heterocycles. The zero-order valence-electron chi connectivity index (χ0n) is 9.61. The number of hydrogen-bond donors (Lipinski definition) is 1. The van der Waals surface area contributed by atoms with Crippen molar-refractivity contribution in [3.8, 4) is 11.6 Å². The average molecular weight is 285 g/mol. The summed E-state index contributed by atoms with van der Waals surface area (Å²) in [6.45, 7) is 1.71. The van der Waals surface area contributed by atoms with Gasteiger partial charge in [0.2, 0.25) is 0 Å². The van der Waals surface area contributed by atoms with Crippen LogP contribution in [0.15, 0.2) is 16.5 Å². The largest absolute Gasteiger partial charge is 0.465 e. The Bertz CT molecular complexity index is 663. The lowest BCUT2D eigenvalue weighted by molar-refractivity contribution is 0.0598. The number of aromatic amines is 1. The van der Waals surface area contributed by atoms with Crippen molar-refractivity contribution in [1.82, 2.24) is 9.97 Å². The second-order valence-corrected chi connectivity index (χ2v) is 4.25. The van der Waals surface area contributed by atoms with Gasteiger partial charge >= 0.3 is 5.97 Å². The van der Waals surface area contributed by atoms with Crippen LogP contribution in [0.3, 0.4) is 0 Å². The maximum absolute atomic E-state index is 11.5. The number of nitrogens with one attached hydrogen (secondary N) is 1. The molecule has 2 rings (SSSR count). The molecule has 0 unspecified atom stereocenters. The third-order valence-electron chi connectivity index (χ3n) is 2.30. The first-order valence-corrected chi connectivity index (χ1v) is 5.76. The fourth-order valence-corrected chi connectivity index (χ4v) is 1.96. The van der Waals surface area contributed by atoms with Crippen molar-refractivity contribution in [3.05, 3.63) is 33.3 Å². The fourth-order valence-electron chi connectivity index (χ4n) is 1.49. The van der Waals surface area contributed by atoms with Gasteiger partial charge < -0.3 is 14.1 Å². The molecule has 2 aromatic rings. The summed E-state index contributed by atoms with van der Waals surface area (Å²) < 4.78 is 10.0. The van der Waals surface area contributed by atoms with E-state index in [9.17, 15) is 4.79 Å². The van der Waals surface area contributed by atoms with E-state index in [1.807, 2.05) is 0 Å². The predicted molar refractivity (Wildman–Crippen MR) is 68.2 cm³/mol. The van der Waals surface area contributed by atoms with Gasteiger partial charge in [0.05, 0.1) is 7.11 Å². The molecule has 0 amide bonds. The first-order valence-electron chi connectivity index (χ1n) is 4.98. The number of carbonyl (C=O) groups is 1. The molecule has 0 atom stereocenters. The molecule has 0 aliphatic carbocycles. The van der Waals surface area contributed by atoms with E-state index in [4.69, 9.17) is 28.2 Å². The maximum Gasteiger partial charge on any atom is 0.342 e. The minimum atomic E-state index is -0.523. The summed E-state index contributed by atoms with van der Waals surface area (Å²) in [6, 6.07) is 3.26. The van der Waals surface area contributed by atoms with E-state index in [0.29, 0.717) is 17.3 Å². The number of aryl methyl sites for hydroxylation is 1. The van der Waals surface area contributed by atoms with Crippen molar-refractivity contribution < 1.29 is 13.9 Å². The van der Waals surface area contributed by atoms with E-state index in [1.54, 1.807) is 19.1 Å². The van der Waals surface area contributed by atoms with E-state index < -0.39 is 5.97 Å². The molecule has 0 aliphatic rings. The first-order chi connectivity index (χ1) is 8.52. The van der Waals surface area contributed by atoms with Crippen molar-refractivity contribution in [1.29, 1.82) is 0 Å². The van der Waals surface area contributed by atoms with E-state index in [-0.39, 0.29) is 15.4 Å². The summed E-state index contributed by atoms with van der Waals surface area (Å²) in [4.78, 5) is 18.5. The van der Waals surface area contributed by atoms with Crippen LogP contribution >= 0.6 is 23.8 Å². The number of halogens is 1. The topological polar surface area (TPSA) is 68.1 Å². The van der Waals surface area contributed by atoms with Gasteiger partial charge in [-0.15, -0.1) is 0 Å². The van der Waals surface area contributed by atoms with Gasteiger partial charge in [-0.25, -0.2) is 9.78 Å². The molecule has 5 nitrogen and oxygen atoms in total. The molecule has 0 bridgehead atoms. The van der Waals surface area contributed by atoms with Gasteiger partial charge in [0.15, 0.2) is 16.8 Å². The Kier molecular flexibility index (Phi) is 3.49. The number of rotatable bonds is 2. The van der Waals surface area contributed by atoms with Crippen LogP contribution in [0.5, 0.6) is 0 Å². The number of nitrogens with zero attached hydrogens (tertiary/aromatic N) is 1. The molecule has 0 spiro atoms. The lowest BCUT2D eigenvalue weighted by atomic mass is 10.2. The van der Waals surface area contributed by atoms with Crippen molar-refractivity contribution in [2.45, 2.75) is 6.92 Å². The summed E-state index contributed by atoms with van der Waals surface area (Å²) in [5.74, 6) is 0.341. The lowest BCUT2D eigenvalue weighted by Gasteiger charge is -2.05. The highest BCUT2D eigenvalue weighted by atomic mass is 35.5. The minimum absolute atomic E-state index is 0.153. The van der Waals surface area contributed by atoms with Crippen LogP contribution in [-0.4, -0.2) is 23.0 Å². The summed E-state index contributed by atoms with van der Waals surface area (Å²) in [5, 5.41) is 0.251. The second kappa shape index (κ2) is 4.91. The number of H-pyrrole nitrogens is 1. The SMILES string of the molecule is COC(=O)c1c(C)[nH]c(-c2ccc(Cl)o2)nc1=S. The second-order valence-electron chi connectivity index (χ2n) is 3.49. The third-order valence-corrected chi connectivity index (χ3v) is 2.80. The molecule has 0 radical (unpaired) electrons. The molecular formula is C11H9ClN2O3S. The van der Waals surface area contributed by atoms with Crippen LogP contribution in [-0.2, 0) is 4.74 Å². The Hall–Kier alpha value is -1.66. The highest BCUT2D eigenvalue weighted by Crippen LogP contribution is 2.22. The molecule has 0 fully saturated rings. The number of ether oxygens (including phenoxy) is 1. The normalized spacial score (nSPS) is 10.4. The van der Waals surface area contributed by atoms with Gasteiger partial charge in [0.1, 0.15) is 10.2 Å². The van der Waals surface area contributed by atoms with Crippen LogP contribution < -0.4 is 0 Å². The Morgan fingerprint density at radius 3 is 2.78 bits per heavy atom. The van der Waals surface area contributed by atoms with Crippen LogP contribution in [0.2, 0.25) is 5.22 Å². The van der Waals surface area contributed by atoms with Gasteiger partial charge in [-0.1, -0.05) is 12.2 Å². The highest BCUT2D eigenvalue weighted by molar-refractivity contribution is 7.71. The molecule has 0 saturated carbocycles. The Morgan fingerprint density at radius 2 is 2.28 bits per heavy atom. The summed E-state index contributed by atoms with van der Waals surface area (Å²) in [6.07, 6.45) is 0. The zero-order chi connectivity index (χ0) is 13.3. The summed E-state index contributed by atoms with van der Waals surface area (Å²) in [5.41, 5.74) is 0.804. The quantitative estimate of drug-likeness (QED) is 0.678. The predicted octanol–water partition coefficient (Wildman–Crippen LogP) is 3.15. The summed E-state index contributed by atoms with van der Waals surface area (Å²) >= 11 is 10.8. The molecule has 18 heavy (non-hydrogen) atoms. The number of methoxy groups -OCH3 is 1. The monoisotopic (exact) mass is 284 g/mol. The number of hydrogen-bond acceptors (Lipinski definition) is 5. The number of aromatic nitrogens is 2. The third kappa shape index (κ3) is 2.30. The Balaban J connectivity index is 2.56. The maximum atomic E-state index is 11.5. The molecule has 0 saturated heterocycles. The van der Waals surface area contributed by atoms with Gasteiger partial charge in [-0.3, -0.25) is 0 Å². The van der Waals surface area contributed by atoms with Gasteiger partial charge in [0.25, 0.3) is 0 Å². The van der Waals surface area contributed by atoms with Crippen LogP contribution in [0.1, 0.15) is 16.1 Å². The van der Waals surface area contributed by atoms with Gasteiger partial charge in [0, 0.05) is 5.69 Å². The summed E-state index contributed by atoms with van der Waals surface area (Å²) in [7, 11) is 1.29. The Labute approximate surface area is 113 Å². The van der Waals surface area contributed by atoms with E-state index in [0.717, 1.165) is 0 Å². The number of esters is 1. The molecule has 1 N–H and O–H groups in total. The van der Waals surface area contributed by atoms with Gasteiger partial charge in [-0.05, 0) is 30.7 Å². The molecule has 7 heteroatoms. The molecule has 2 heterocycles. The minimum Gasteiger partial charge on any atom is -0.465 e. The first kappa shape index (κ1) is 12.8. The molecule has 2 aromatic heterocycles. The Morgan fingerprint density at radius 1 is 1.56 bits per heavy atom. The number of furan rings is 1. The van der Waals surface area contributed by atoms with Crippen molar-refractivity contribution in [3.63, 3.8) is 0 Å². The van der Waals surface area contributed by atoms with E-state index in [2.05, 4.69) is 14.7 Å². The van der Waals surface area contributed by atoms with Gasteiger partial charge in [-0.2, -0.15) is 0 Å². The zero-order valence-corrected chi connectivity index (χ0v) is 11.2. The smallest absolute Gasteiger partial charge is 0.342 e. The average Bonchev–Trinajstić information content (AvgIpc) is 2.74. The number of carbonyl (C=O) groups excluding carboxylic acids is 1. The van der Waals surface area contributed by atoms with Crippen LogP contribution in [0.25, 0.3) is 11.6 Å². The van der Waals surface area contributed by atoms with Crippen molar-refractivity contribution in [2.75, 3.05) is 7.11 Å². The van der Waals surface area contributed by atoms with Crippen molar-refractivity contribution in [2.24, 2.45) is 0 Å². The molecule has 0 aromatic carbocycles. The van der Waals surface area contributed by atoms with E-state index in [1.165, 1.54) is 7.11 Å². The van der Waals surface area contributed by atoms with E-state index >= 15 is 0 Å². The standard InChI is InChI=1S/C11H9ClN2O3S/c1-5-8(11(15)16-2)10(18)14-9(13-5)6-3-4-7(12)17-6/h3-4H,1-2H3,(H,13,14,18). The fraction of sp³-hybridized carbons (Fsp3) is 0.182.